The van der Waals surface area contributed by atoms with Crippen LogP contribution < -0.4 is 5.73 Å². The van der Waals surface area contributed by atoms with Gasteiger partial charge >= 0.3 is 0 Å². The van der Waals surface area contributed by atoms with E-state index in [0.717, 1.165) is 31.2 Å². The van der Waals surface area contributed by atoms with E-state index < -0.39 is 0 Å². The minimum Gasteiger partial charge on any atom is -0.384 e. The Balaban J connectivity index is 1.68. The van der Waals surface area contributed by atoms with Gasteiger partial charge in [0.25, 0.3) is 0 Å². The number of aromatic nitrogens is 1. The average Bonchev–Trinajstić information content (AvgIpc) is 2.75. The molecule has 4 nitrogen and oxygen atoms in total. The van der Waals surface area contributed by atoms with Crippen molar-refractivity contribution in [2.75, 3.05) is 39.1 Å². The minimum absolute atomic E-state index is 0.679. The zero-order chi connectivity index (χ0) is 12.1. The molecular formula is C12H21N3OS. The Kier molecular flexibility index (Phi) is 4.76. The molecule has 1 aromatic heterocycles. The van der Waals surface area contributed by atoms with E-state index in [4.69, 9.17) is 10.5 Å². The van der Waals surface area contributed by atoms with Crippen LogP contribution >= 0.6 is 11.3 Å². The number of methoxy groups -OCH3 is 1. The standard InChI is InChI=1S/C12H21N3OS/c1-16-8-10-2-5-15(6-3-10)7-4-11-9-17-12(13)14-11/h9-10H,2-8H2,1H3,(H2,13,14). The molecule has 2 N–H and O–H groups in total. The number of nitrogens with zero attached hydrogens (tertiary/aromatic N) is 2. The van der Waals surface area contributed by atoms with E-state index in [1.165, 1.54) is 37.3 Å². The molecular weight excluding hydrogens is 234 g/mol. The summed E-state index contributed by atoms with van der Waals surface area (Å²) in [6.45, 7) is 4.39. The van der Waals surface area contributed by atoms with Crippen molar-refractivity contribution in [3.8, 4) is 0 Å². The number of thiazole rings is 1. The van der Waals surface area contributed by atoms with Crippen LogP contribution in [0.4, 0.5) is 5.13 Å². The first-order chi connectivity index (χ1) is 8.28. The summed E-state index contributed by atoms with van der Waals surface area (Å²) in [7, 11) is 1.79. The third-order valence-electron chi connectivity index (χ3n) is 3.36. The number of rotatable bonds is 5. The molecule has 0 saturated carbocycles. The van der Waals surface area contributed by atoms with Crippen molar-refractivity contribution in [3.05, 3.63) is 11.1 Å². The molecule has 1 saturated heterocycles. The second kappa shape index (κ2) is 6.33. The van der Waals surface area contributed by atoms with Crippen LogP contribution in [0.25, 0.3) is 0 Å². The van der Waals surface area contributed by atoms with Crippen LogP contribution in [0.5, 0.6) is 0 Å². The summed E-state index contributed by atoms with van der Waals surface area (Å²) >= 11 is 1.53. The van der Waals surface area contributed by atoms with Gasteiger partial charge in [0.05, 0.1) is 5.69 Å². The van der Waals surface area contributed by atoms with Gasteiger partial charge in [0.15, 0.2) is 5.13 Å². The smallest absolute Gasteiger partial charge is 0.180 e. The average molecular weight is 255 g/mol. The molecule has 0 radical (unpaired) electrons. The van der Waals surface area contributed by atoms with Gasteiger partial charge in [-0.2, -0.15) is 0 Å². The van der Waals surface area contributed by atoms with E-state index in [-0.39, 0.29) is 0 Å². The number of nitrogen functional groups attached to an aromatic ring is 1. The van der Waals surface area contributed by atoms with E-state index in [1.54, 1.807) is 7.11 Å². The Labute approximate surface area is 107 Å². The SMILES string of the molecule is COCC1CCN(CCc2csc(N)n2)CC1. The molecule has 2 heterocycles. The van der Waals surface area contributed by atoms with E-state index >= 15 is 0 Å². The molecule has 0 spiro atoms. The van der Waals surface area contributed by atoms with Crippen LogP contribution in [-0.4, -0.2) is 43.2 Å². The van der Waals surface area contributed by atoms with E-state index in [0.29, 0.717) is 5.13 Å². The number of hydrogen-bond donors (Lipinski definition) is 1. The fraction of sp³-hybridized carbons (Fsp3) is 0.750. The van der Waals surface area contributed by atoms with Crippen LogP contribution in [-0.2, 0) is 11.2 Å². The molecule has 1 aliphatic heterocycles. The Morgan fingerprint density at radius 3 is 2.88 bits per heavy atom. The van der Waals surface area contributed by atoms with E-state index in [9.17, 15) is 0 Å². The lowest BCUT2D eigenvalue weighted by Crippen LogP contribution is -2.36. The summed E-state index contributed by atoms with van der Waals surface area (Å²) in [4.78, 5) is 6.80. The van der Waals surface area contributed by atoms with Crippen molar-refractivity contribution in [1.29, 1.82) is 0 Å². The van der Waals surface area contributed by atoms with Crippen molar-refractivity contribution < 1.29 is 4.74 Å². The summed E-state index contributed by atoms with van der Waals surface area (Å²) in [6, 6.07) is 0. The molecule has 96 valence electrons. The Hall–Kier alpha value is -0.650. The summed E-state index contributed by atoms with van der Waals surface area (Å²) in [5.74, 6) is 0.756. The second-order valence-corrected chi connectivity index (χ2v) is 5.56. The van der Waals surface area contributed by atoms with Crippen LogP contribution in [0.15, 0.2) is 5.38 Å². The van der Waals surface area contributed by atoms with Crippen LogP contribution in [0, 0.1) is 5.92 Å². The third kappa shape index (κ3) is 3.94. The molecule has 2 rings (SSSR count). The summed E-state index contributed by atoms with van der Waals surface area (Å²) < 4.78 is 5.21. The molecule has 1 aliphatic rings. The first-order valence-electron chi connectivity index (χ1n) is 6.19. The highest BCUT2D eigenvalue weighted by Gasteiger charge is 2.18. The molecule has 17 heavy (non-hydrogen) atoms. The van der Waals surface area contributed by atoms with Gasteiger partial charge in [0.2, 0.25) is 0 Å². The first kappa shape index (κ1) is 12.8. The molecule has 1 fully saturated rings. The predicted octanol–water partition coefficient (Wildman–Crippen LogP) is 1.63. The van der Waals surface area contributed by atoms with Gasteiger partial charge in [-0.1, -0.05) is 0 Å². The van der Waals surface area contributed by atoms with Crippen molar-refractivity contribution in [2.45, 2.75) is 19.3 Å². The summed E-state index contributed by atoms with van der Waals surface area (Å²) in [5, 5.41) is 2.74. The van der Waals surface area contributed by atoms with Gasteiger partial charge in [-0.15, -0.1) is 11.3 Å². The Morgan fingerprint density at radius 1 is 1.53 bits per heavy atom. The van der Waals surface area contributed by atoms with Gasteiger partial charge in [0.1, 0.15) is 0 Å². The van der Waals surface area contributed by atoms with Gasteiger partial charge in [-0.3, -0.25) is 0 Å². The van der Waals surface area contributed by atoms with Gasteiger partial charge < -0.3 is 15.4 Å². The molecule has 5 heteroatoms. The Morgan fingerprint density at radius 2 is 2.29 bits per heavy atom. The first-order valence-corrected chi connectivity index (χ1v) is 7.07. The monoisotopic (exact) mass is 255 g/mol. The third-order valence-corrected chi connectivity index (χ3v) is 4.09. The zero-order valence-electron chi connectivity index (χ0n) is 10.4. The van der Waals surface area contributed by atoms with E-state index in [2.05, 4.69) is 15.3 Å². The zero-order valence-corrected chi connectivity index (χ0v) is 11.2. The highest BCUT2D eigenvalue weighted by molar-refractivity contribution is 7.13. The maximum atomic E-state index is 5.62. The maximum Gasteiger partial charge on any atom is 0.180 e. The number of likely N-dealkylation sites (tertiary alicyclic amines) is 1. The number of nitrogens with two attached hydrogens (primary N) is 1. The van der Waals surface area contributed by atoms with Crippen molar-refractivity contribution >= 4 is 16.5 Å². The summed E-state index contributed by atoms with van der Waals surface area (Å²) in [5.41, 5.74) is 6.75. The fourth-order valence-electron chi connectivity index (χ4n) is 2.32. The number of piperidine rings is 1. The number of hydrogen-bond acceptors (Lipinski definition) is 5. The topological polar surface area (TPSA) is 51.4 Å². The molecule has 0 unspecified atom stereocenters. The normalized spacial score (nSPS) is 18.6. The molecule has 0 amide bonds. The second-order valence-electron chi connectivity index (χ2n) is 4.67. The lowest BCUT2D eigenvalue weighted by molar-refractivity contribution is 0.0999. The molecule has 0 aliphatic carbocycles. The Bertz CT molecular complexity index is 334. The quantitative estimate of drug-likeness (QED) is 0.869. The lowest BCUT2D eigenvalue weighted by atomic mass is 9.98. The summed E-state index contributed by atoms with van der Waals surface area (Å²) in [6.07, 6.45) is 3.53. The van der Waals surface area contributed by atoms with Crippen molar-refractivity contribution in [3.63, 3.8) is 0 Å². The van der Waals surface area contributed by atoms with Crippen molar-refractivity contribution in [1.82, 2.24) is 9.88 Å². The maximum absolute atomic E-state index is 5.62. The van der Waals surface area contributed by atoms with E-state index in [1.807, 2.05) is 0 Å². The molecule has 1 aromatic rings. The highest BCUT2D eigenvalue weighted by atomic mass is 32.1. The predicted molar refractivity (Wildman–Crippen MR) is 71.3 cm³/mol. The van der Waals surface area contributed by atoms with Gasteiger partial charge in [-0.05, 0) is 31.8 Å². The minimum atomic E-state index is 0.679. The van der Waals surface area contributed by atoms with Gasteiger partial charge in [-0.25, -0.2) is 4.98 Å². The molecule has 0 bridgehead atoms. The van der Waals surface area contributed by atoms with Crippen LogP contribution in [0.3, 0.4) is 0 Å². The fourth-order valence-corrected chi connectivity index (χ4v) is 2.92. The highest BCUT2D eigenvalue weighted by Crippen LogP contribution is 2.18. The van der Waals surface area contributed by atoms with Crippen LogP contribution in [0.1, 0.15) is 18.5 Å². The number of ether oxygens (including phenoxy) is 1. The number of anilines is 1. The van der Waals surface area contributed by atoms with Gasteiger partial charge in [0, 0.05) is 32.1 Å². The van der Waals surface area contributed by atoms with Crippen LogP contribution in [0.2, 0.25) is 0 Å². The lowest BCUT2D eigenvalue weighted by Gasteiger charge is -2.31. The largest absolute Gasteiger partial charge is 0.384 e. The molecule has 0 aromatic carbocycles. The van der Waals surface area contributed by atoms with Crippen molar-refractivity contribution in [2.24, 2.45) is 5.92 Å². The molecule has 0 atom stereocenters.